The van der Waals surface area contributed by atoms with Crippen molar-refractivity contribution in [3.63, 3.8) is 0 Å². The van der Waals surface area contributed by atoms with Crippen LogP contribution in [0, 0.1) is 0 Å². The average molecular weight is 242 g/mol. The Morgan fingerprint density at radius 2 is 2.15 bits per heavy atom. The molecule has 0 bridgehead atoms. The van der Waals surface area contributed by atoms with Crippen LogP contribution in [0.5, 0.6) is 0 Å². The maximum Gasteiger partial charge on any atom is 0.0297 e. The molecule has 0 spiro atoms. The maximum atomic E-state index is 3.76. The van der Waals surface area contributed by atoms with Crippen LogP contribution in [-0.2, 0) is 0 Å². The topological polar surface area (TPSA) is 12.0 Å². The lowest BCUT2D eigenvalue weighted by Crippen LogP contribution is -2.39. The van der Waals surface area contributed by atoms with Crippen molar-refractivity contribution in [3.05, 3.63) is 35.9 Å². The summed E-state index contributed by atoms with van der Waals surface area (Å²) < 4.78 is 1.30. The van der Waals surface area contributed by atoms with Crippen LogP contribution in [0.25, 0.3) is 0 Å². The molecule has 13 heavy (non-hydrogen) atoms. The molecule has 0 saturated carbocycles. The van der Waals surface area contributed by atoms with Gasteiger partial charge in [-0.1, -0.05) is 34.2 Å². The monoisotopic (exact) mass is 241 g/mol. The van der Waals surface area contributed by atoms with Crippen molar-refractivity contribution >= 4 is 15.9 Å². The van der Waals surface area contributed by atoms with Gasteiger partial charge in [0.1, 0.15) is 0 Å². The average Bonchev–Trinajstić information content (AvgIpc) is 2.04. The molecule has 1 N–H and O–H groups in total. The predicted molar refractivity (Wildman–Crippen MR) is 62.0 cm³/mol. The lowest BCUT2D eigenvalue weighted by atomic mass is 10.0. The van der Waals surface area contributed by atoms with Gasteiger partial charge >= 0.3 is 0 Å². The van der Waals surface area contributed by atoms with Crippen LogP contribution in [0.3, 0.4) is 0 Å². The third-order valence-corrected chi connectivity index (χ3v) is 2.73. The molecule has 0 fully saturated rings. The lowest BCUT2D eigenvalue weighted by molar-refractivity contribution is 0.453. The molecule has 72 valence electrons. The molecule has 0 radical (unpaired) electrons. The normalized spacial score (nSPS) is 27.9. The molecule has 0 saturated heterocycles. The quantitative estimate of drug-likeness (QED) is 0.747. The summed E-state index contributed by atoms with van der Waals surface area (Å²) >= 11 is 3.56. The van der Waals surface area contributed by atoms with Crippen molar-refractivity contribution in [1.82, 2.24) is 5.32 Å². The molecule has 2 atom stereocenters. The molecule has 1 nitrogen and oxygen atoms in total. The fraction of sp³-hybridized carbons (Fsp3) is 0.455. The summed E-state index contributed by atoms with van der Waals surface area (Å²) in [6, 6.07) is 0.965. The largest absolute Gasteiger partial charge is 0.307 e. The first-order valence-corrected chi connectivity index (χ1v) is 5.39. The Bertz CT molecular complexity index is 220. The summed E-state index contributed by atoms with van der Waals surface area (Å²) in [5, 5.41) is 3.54. The van der Waals surface area contributed by atoms with Crippen LogP contribution in [0.15, 0.2) is 35.9 Å². The van der Waals surface area contributed by atoms with Crippen molar-refractivity contribution in [2.75, 3.05) is 0 Å². The van der Waals surface area contributed by atoms with Crippen molar-refractivity contribution in [2.45, 2.75) is 31.3 Å². The number of hydrogen-bond acceptors (Lipinski definition) is 1. The zero-order valence-electron chi connectivity index (χ0n) is 7.80. The summed E-state index contributed by atoms with van der Waals surface area (Å²) in [6.07, 6.45) is 9.22. The highest BCUT2D eigenvalue weighted by molar-refractivity contribution is 9.11. The minimum atomic E-state index is 0.436. The van der Waals surface area contributed by atoms with Gasteiger partial charge in [0.05, 0.1) is 0 Å². The molecule has 0 aromatic rings. The van der Waals surface area contributed by atoms with Gasteiger partial charge in [-0.2, -0.15) is 0 Å². The Kier molecular flexibility index (Phi) is 4.46. The Morgan fingerprint density at radius 3 is 2.77 bits per heavy atom. The van der Waals surface area contributed by atoms with E-state index in [1.54, 1.807) is 0 Å². The molecule has 1 aliphatic rings. The molecule has 0 aliphatic carbocycles. The Morgan fingerprint density at radius 1 is 1.46 bits per heavy atom. The molecule has 0 unspecified atom stereocenters. The molecular weight excluding hydrogens is 226 g/mol. The number of hydrogen-bond donors (Lipinski definition) is 1. The summed E-state index contributed by atoms with van der Waals surface area (Å²) in [6.45, 7) is 7.50. The van der Waals surface area contributed by atoms with Crippen LogP contribution in [0.2, 0.25) is 0 Å². The van der Waals surface area contributed by atoms with Gasteiger partial charge < -0.3 is 5.32 Å². The second-order valence-corrected chi connectivity index (χ2v) is 4.36. The third-order valence-electron chi connectivity index (χ3n) is 2.14. The van der Waals surface area contributed by atoms with Crippen molar-refractivity contribution in [2.24, 2.45) is 0 Å². The van der Waals surface area contributed by atoms with E-state index < -0.39 is 0 Å². The standard InChI is InChI=1S/C11H16BrN/c1-3-5-10-7-9(12)8-11(13-10)6-4-2/h3-4,7,10-11,13H,1-2,5-6,8H2/t10-,11+/m0/s1. The molecule has 1 heterocycles. The fourth-order valence-electron chi connectivity index (χ4n) is 1.60. The van der Waals surface area contributed by atoms with Gasteiger partial charge in [-0.05, 0) is 23.7 Å². The predicted octanol–water partition coefficient (Wildman–Crippen LogP) is 3.15. The van der Waals surface area contributed by atoms with Crippen LogP contribution in [0.4, 0.5) is 0 Å². The molecule has 0 amide bonds. The van der Waals surface area contributed by atoms with Crippen molar-refractivity contribution in [1.29, 1.82) is 0 Å². The van der Waals surface area contributed by atoms with Crippen LogP contribution in [-0.4, -0.2) is 12.1 Å². The van der Waals surface area contributed by atoms with Gasteiger partial charge in [-0.25, -0.2) is 0 Å². The summed E-state index contributed by atoms with van der Waals surface area (Å²) in [5.74, 6) is 0. The van der Waals surface area contributed by atoms with Crippen molar-refractivity contribution in [3.8, 4) is 0 Å². The minimum absolute atomic E-state index is 0.436. The summed E-state index contributed by atoms with van der Waals surface area (Å²) in [7, 11) is 0. The highest BCUT2D eigenvalue weighted by atomic mass is 79.9. The van der Waals surface area contributed by atoms with E-state index in [1.807, 2.05) is 12.2 Å². The van der Waals surface area contributed by atoms with Gasteiger partial charge in [0.15, 0.2) is 0 Å². The van der Waals surface area contributed by atoms with E-state index in [0.717, 1.165) is 19.3 Å². The van der Waals surface area contributed by atoms with Gasteiger partial charge in [-0.3, -0.25) is 0 Å². The van der Waals surface area contributed by atoms with Crippen LogP contribution in [0.1, 0.15) is 19.3 Å². The highest BCUT2D eigenvalue weighted by Crippen LogP contribution is 2.22. The van der Waals surface area contributed by atoms with E-state index in [1.165, 1.54) is 4.48 Å². The number of halogens is 1. The van der Waals surface area contributed by atoms with Crippen LogP contribution < -0.4 is 5.32 Å². The van der Waals surface area contributed by atoms with Gasteiger partial charge in [0, 0.05) is 12.1 Å². The van der Waals surface area contributed by atoms with E-state index in [2.05, 4.69) is 40.5 Å². The van der Waals surface area contributed by atoms with Crippen LogP contribution >= 0.6 is 15.9 Å². The first-order chi connectivity index (χ1) is 6.26. The molecule has 2 heteroatoms. The van der Waals surface area contributed by atoms with E-state index in [0.29, 0.717) is 12.1 Å². The first-order valence-electron chi connectivity index (χ1n) is 4.60. The minimum Gasteiger partial charge on any atom is -0.307 e. The summed E-state index contributed by atoms with van der Waals surface area (Å²) in [5.41, 5.74) is 0. The SMILES string of the molecule is C=CC[C@@H]1CC(Br)=C[C@H](CC=C)N1. The molecule has 0 aromatic heterocycles. The van der Waals surface area contributed by atoms with E-state index in [4.69, 9.17) is 0 Å². The zero-order chi connectivity index (χ0) is 9.68. The van der Waals surface area contributed by atoms with E-state index >= 15 is 0 Å². The maximum absolute atomic E-state index is 3.76. The van der Waals surface area contributed by atoms with Gasteiger partial charge in [-0.15, -0.1) is 13.2 Å². The third kappa shape index (κ3) is 3.49. The Balaban J connectivity index is 2.53. The summed E-state index contributed by atoms with van der Waals surface area (Å²) in [4.78, 5) is 0. The van der Waals surface area contributed by atoms with E-state index in [9.17, 15) is 0 Å². The fourth-order valence-corrected chi connectivity index (χ4v) is 2.31. The Labute approximate surface area is 88.7 Å². The molecule has 0 aromatic carbocycles. The lowest BCUT2D eigenvalue weighted by Gasteiger charge is -2.27. The second kappa shape index (κ2) is 5.40. The Hall–Kier alpha value is -0.340. The molecule has 1 aliphatic heterocycles. The second-order valence-electron chi connectivity index (χ2n) is 3.34. The van der Waals surface area contributed by atoms with E-state index in [-0.39, 0.29) is 0 Å². The molecular formula is C11H16BrN. The van der Waals surface area contributed by atoms with Gasteiger partial charge in [0.2, 0.25) is 0 Å². The smallest absolute Gasteiger partial charge is 0.0297 e. The van der Waals surface area contributed by atoms with Gasteiger partial charge in [0.25, 0.3) is 0 Å². The zero-order valence-corrected chi connectivity index (χ0v) is 9.39. The first kappa shape index (κ1) is 10.7. The highest BCUT2D eigenvalue weighted by Gasteiger charge is 2.18. The number of nitrogens with one attached hydrogen (secondary N) is 1. The molecule has 1 rings (SSSR count). The van der Waals surface area contributed by atoms with Crippen molar-refractivity contribution < 1.29 is 0 Å². The number of rotatable bonds is 4.